The number of benzene rings is 2. The van der Waals surface area contributed by atoms with Gasteiger partial charge in [-0.05, 0) is 18.1 Å². The first-order chi connectivity index (χ1) is 13.2. The second-order valence-corrected chi connectivity index (χ2v) is 6.27. The minimum absolute atomic E-state index is 0.00142. The maximum absolute atomic E-state index is 12.2. The summed E-state index contributed by atoms with van der Waals surface area (Å²) in [4.78, 5) is 16.4. The Hall–Kier alpha value is -3.34. The molecule has 0 spiro atoms. The summed E-state index contributed by atoms with van der Waals surface area (Å²) in [7, 11) is 0. The number of nitrogens with zero attached hydrogens (tertiary/aromatic N) is 1. The SMILES string of the molecule is CCc1ccc2c(CC(=O)OCc3ncc(-c4ccccc4)o3)coc2c1. The van der Waals surface area contributed by atoms with Crippen molar-refractivity contribution in [3.63, 3.8) is 0 Å². The quantitative estimate of drug-likeness (QED) is 0.455. The van der Waals surface area contributed by atoms with Crippen molar-refractivity contribution in [1.29, 1.82) is 0 Å². The highest BCUT2D eigenvalue weighted by molar-refractivity contribution is 5.86. The molecule has 0 aliphatic heterocycles. The molecule has 0 amide bonds. The predicted molar refractivity (Wildman–Crippen MR) is 101 cm³/mol. The van der Waals surface area contributed by atoms with E-state index in [4.69, 9.17) is 13.6 Å². The Morgan fingerprint density at radius 1 is 1.15 bits per heavy atom. The standard InChI is InChI=1S/C22H19NO4/c1-2-15-8-9-18-17(13-25-19(18)10-15)11-22(24)26-14-21-23-12-20(27-21)16-6-4-3-5-7-16/h3-10,12-13H,2,11,14H2,1H3. The number of furan rings is 1. The summed E-state index contributed by atoms with van der Waals surface area (Å²) >= 11 is 0. The van der Waals surface area contributed by atoms with E-state index in [2.05, 4.69) is 11.9 Å². The van der Waals surface area contributed by atoms with Gasteiger partial charge in [-0.25, -0.2) is 4.98 Å². The van der Waals surface area contributed by atoms with Crippen LogP contribution in [0.1, 0.15) is 23.9 Å². The Balaban J connectivity index is 1.38. The zero-order valence-corrected chi connectivity index (χ0v) is 15.0. The molecular formula is C22H19NO4. The smallest absolute Gasteiger partial charge is 0.310 e. The molecule has 0 radical (unpaired) electrons. The number of hydrogen-bond donors (Lipinski definition) is 0. The molecule has 2 heterocycles. The van der Waals surface area contributed by atoms with Gasteiger partial charge >= 0.3 is 5.97 Å². The van der Waals surface area contributed by atoms with Crippen molar-refractivity contribution < 1.29 is 18.4 Å². The lowest BCUT2D eigenvalue weighted by atomic mass is 10.1. The van der Waals surface area contributed by atoms with Crippen LogP contribution in [0.2, 0.25) is 0 Å². The lowest BCUT2D eigenvalue weighted by Gasteiger charge is -2.02. The van der Waals surface area contributed by atoms with E-state index in [1.165, 1.54) is 5.56 Å². The number of aromatic nitrogens is 1. The normalized spacial score (nSPS) is 11.0. The first kappa shape index (κ1) is 17.1. The van der Waals surface area contributed by atoms with E-state index < -0.39 is 0 Å². The van der Waals surface area contributed by atoms with E-state index in [1.54, 1.807) is 12.5 Å². The molecule has 4 aromatic rings. The first-order valence-electron chi connectivity index (χ1n) is 8.87. The number of rotatable bonds is 6. The van der Waals surface area contributed by atoms with E-state index in [1.807, 2.05) is 48.5 Å². The van der Waals surface area contributed by atoms with Crippen molar-refractivity contribution in [1.82, 2.24) is 4.98 Å². The van der Waals surface area contributed by atoms with Gasteiger partial charge in [-0.1, -0.05) is 49.4 Å². The molecular weight excluding hydrogens is 342 g/mol. The van der Waals surface area contributed by atoms with Gasteiger partial charge in [0.2, 0.25) is 5.89 Å². The Bertz CT molecular complexity index is 1060. The molecule has 2 aromatic carbocycles. The van der Waals surface area contributed by atoms with E-state index in [9.17, 15) is 4.79 Å². The highest BCUT2D eigenvalue weighted by Crippen LogP contribution is 2.24. The number of oxazole rings is 1. The van der Waals surface area contributed by atoms with Gasteiger partial charge in [0.05, 0.1) is 18.9 Å². The van der Waals surface area contributed by atoms with Crippen LogP contribution in [0.25, 0.3) is 22.3 Å². The van der Waals surface area contributed by atoms with Crippen molar-refractivity contribution in [2.45, 2.75) is 26.4 Å². The topological polar surface area (TPSA) is 65.5 Å². The molecule has 0 aliphatic rings. The van der Waals surface area contributed by atoms with Crippen molar-refractivity contribution >= 4 is 16.9 Å². The minimum Gasteiger partial charge on any atom is -0.464 e. The summed E-state index contributed by atoms with van der Waals surface area (Å²) in [5, 5.41) is 0.937. The molecule has 0 saturated carbocycles. The lowest BCUT2D eigenvalue weighted by molar-refractivity contribution is -0.144. The molecule has 0 fully saturated rings. The van der Waals surface area contributed by atoms with Gasteiger partial charge in [-0.3, -0.25) is 4.79 Å². The minimum atomic E-state index is -0.350. The molecule has 4 rings (SSSR count). The number of carbonyl (C=O) groups is 1. The summed E-state index contributed by atoms with van der Waals surface area (Å²) in [5.41, 5.74) is 3.73. The van der Waals surface area contributed by atoms with Gasteiger partial charge in [0, 0.05) is 16.5 Å². The average molecular weight is 361 g/mol. The molecule has 27 heavy (non-hydrogen) atoms. The van der Waals surface area contributed by atoms with Crippen LogP contribution in [0.5, 0.6) is 0 Å². The number of hydrogen-bond acceptors (Lipinski definition) is 5. The zero-order chi connectivity index (χ0) is 18.6. The first-order valence-corrected chi connectivity index (χ1v) is 8.87. The van der Waals surface area contributed by atoms with Gasteiger partial charge in [-0.2, -0.15) is 0 Å². The van der Waals surface area contributed by atoms with Gasteiger partial charge in [-0.15, -0.1) is 0 Å². The molecule has 2 aromatic heterocycles. The highest BCUT2D eigenvalue weighted by Gasteiger charge is 2.13. The van der Waals surface area contributed by atoms with E-state index in [0.29, 0.717) is 11.7 Å². The van der Waals surface area contributed by atoms with Crippen LogP contribution < -0.4 is 0 Å². The molecule has 0 bridgehead atoms. The molecule has 5 nitrogen and oxygen atoms in total. The largest absolute Gasteiger partial charge is 0.464 e. The van der Waals surface area contributed by atoms with E-state index in [-0.39, 0.29) is 19.0 Å². The predicted octanol–water partition coefficient (Wildman–Crippen LogP) is 4.94. The second kappa shape index (κ2) is 7.50. The summed E-state index contributed by atoms with van der Waals surface area (Å²) in [6.45, 7) is 2.09. The Morgan fingerprint density at radius 3 is 2.81 bits per heavy atom. The van der Waals surface area contributed by atoms with Crippen LogP contribution in [0.4, 0.5) is 0 Å². The Morgan fingerprint density at radius 2 is 2.00 bits per heavy atom. The summed E-state index contributed by atoms with van der Waals surface area (Å²) in [6.07, 6.45) is 4.33. The van der Waals surface area contributed by atoms with Crippen molar-refractivity contribution in [3.8, 4) is 11.3 Å². The fourth-order valence-corrected chi connectivity index (χ4v) is 2.95. The Labute approximate surface area is 156 Å². The number of aryl methyl sites for hydroxylation is 1. The van der Waals surface area contributed by atoms with Gasteiger partial charge in [0.25, 0.3) is 0 Å². The van der Waals surface area contributed by atoms with Crippen molar-refractivity contribution in [2.75, 3.05) is 0 Å². The van der Waals surface area contributed by atoms with Gasteiger partial charge < -0.3 is 13.6 Å². The number of esters is 1. The number of ether oxygens (including phenoxy) is 1. The fourth-order valence-electron chi connectivity index (χ4n) is 2.95. The summed E-state index contributed by atoms with van der Waals surface area (Å²) in [5.74, 6) is 0.665. The fraction of sp³-hybridized carbons (Fsp3) is 0.182. The third-order valence-corrected chi connectivity index (χ3v) is 4.43. The van der Waals surface area contributed by atoms with Crippen LogP contribution in [0.15, 0.2) is 69.8 Å². The zero-order valence-electron chi connectivity index (χ0n) is 15.0. The molecule has 0 atom stereocenters. The number of carbonyl (C=O) groups excluding carboxylic acids is 1. The van der Waals surface area contributed by atoms with E-state index >= 15 is 0 Å². The van der Waals surface area contributed by atoms with Crippen LogP contribution >= 0.6 is 0 Å². The average Bonchev–Trinajstić information content (AvgIpc) is 3.34. The van der Waals surface area contributed by atoms with E-state index in [0.717, 1.165) is 28.5 Å². The van der Waals surface area contributed by atoms with Crippen LogP contribution in [-0.4, -0.2) is 11.0 Å². The maximum atomic E-state index is 12.2. The molecule has 0 aliphatic carbocycles. The Kier molecular flexibility index (Phi) is 4.75. The molecule has 0 unspecified atom stereocenters. The maximum Gasteiger partial charge on any atom is 0.310 e. The number of fused-ring (bicyclic) bond motifs is 1. The summed E-state index contributed by atoms with van der Waals surface area (Å²) < 4.78 is 16.5. The molecule has 136 valence electrons. The molecule has 0 saturated heterocycles. The summed E-state index contributed by atoms with van der Waals surface area (Å²) in [6, 6.07) is 15.7. The lowest BCUT2D eigenvalue weighted by Crippen LogP contribution is -2.07. The van der Waals surface area contributed by atoms with Crippen molar-refractivity contribution in [3.05, 3.63) is 78.0 Å². The van der Waals surface area contributed by atoms with Crippen LogP contribution in [0, 0.1) is 0 Å². The second-order valence-electron chi connectivity index (χ2n) is 6.27. The van der Waals surface area contributed by atoms with Crippen LogP contribution in [0.3, 0.4) is 0 Å². The van der Waals surface area contributed by atoms with Crippen LogP contribution in [-0.2, 0) is 29.0 Å². The third-order valence-electron chi connectivity index (χ3n) is 4.43. The van der Waals surface area contributed by atoms with Gasteiger partial charge in [0.1, 0.15) is 5.58 Å². The third kappa shape index (κ3) is 3.77. The highest BCUT2D eigenvalue weighted by atomic mass is 16.5. The van der Waals surface area contributed by atoms with Gasteiger partial charge in [0.15, 0.2) is 12.4 Å². The van der Waals surface area contributed by atoms with Crippen molar-refractivity contribution in [2.24, 2.45) is 0 Å². The molecule has 5 heteroatoms. The molecule has 0 N–H and O–H groups in total. The monoisotopic (exact) mass is 361 g/mol.